The Morgan fingerprint density at radius 3 is 2.42 bits per heavy atom. The molecule has 1 aliphatic heterocycles. The zero-order chi connectivity index (χ0) is 18.4. The molecule has 0 radical (unpaired) electrons. The van der Waals surface area contributed by atoms with E-state index < -0.39 is 11.9 Å². The smallest absolute Gasteiger partial charge is 0.192 e. The van der Waals surface area contributed by atoms with E-state index in [1.165, 1.54) is 5.56 Å². The first-order valence-corrected chi connectivity index (χ1v) is 9.75. The third-order valence-corrected chi connectivity index (χ3v) is 5.39. The predicted octanol–water partition coefficient (Wildman–Crippen LogP) is 4.72. The van der Waals surface area contributed by atoms with E-state index in [4.69, 9.17) is 4.74 Å². The first kappa shape index (κ1) is 19.1. The highest BCUT2D eigenvalue weighted by atomic mass is 16.6. The van der Waals surface area contributed by atoms with Crippen molar-refractivity contribution in [3.05, 3.63) is 71.3 Å². The molecule has 3 unspecified atom stereocenters. The van der Waals surface area contributed by atoms with Crippen molar-refractivity contribution in [2.24, 2.45) is 5.92 Å². The number of aliphatic hydroxyl groups is 2. The summed E-state index contributed by atoms with van der Waals surface area (Å²) in [5.41, 5.74) is 3.03. The van der Waals surface area contributed by atoms with Crippen LogP contribution < -0.4 is 0 Å². The molecule has 1 saturated heterocycles. The van der Waals surface area contributed by atoms with Crippen LogP contribution in [0.25, 0.3) is 0 Å². The second-order valence-corrected chi connectivity index (χ2v) is 7.59. The average molecular weight is 354 g/mol. The SMILES string of the molecule is CC(CCc1ccccc1)CC(O)c1ccc(C2(O)CCCCO2)cc1. The summed E-state index contributed by atoms with van der Waals surface area (Å²) in [6.45, 7) is 2.79. The van der Waals surface area contributed by atoms with Crippen LogP contribution in [-0.2, 0) is 16.9 Å². The molecule has 0 amide bonds. The zero-order valence-corrected chi connectivity index (χ0v) is 15.6. The van der Waals surface area contributed by atoms with Crippen molar-refractivity contribution >= 4 is 0 Å². The van der Waals surface area contributed by atoms with Gasteiger partial charge in [0, 0.05) is 12.0 Å². The van der Waals surface area contributed by atoms with Crippen molar-refractivity contribution in [1.29, 1.82) is 0 Å². The van der Waals surface area contributed by atoms with Crippen molar-refractivity contribution in [3.8, 4) is 0 Å². The molecule has 1 heterocycles. The van der Waals surface area contributed by atoms with Gasteiger partial charge in [0.05, 0.1) is 12.7 Å². The summed E-state index contributed by atoms with van der Waals surface area (Å²) in [4.78, 5) is 0. The van der Waals surface area contributed by atoms with Crippen LogP contribution >= 0.6 is 0 Å². The highest BCUT2D eigenvalue weighted by Gasteiger charge is 2.32. The van der Waals surface area contributed by atoms with Gasteiger partial charge in [-0.15, -0.1) is 0 Å². The van der Waals surface area contributed by atoms with Crippen molar-refractivity contribution in [3.63, 3.8) is 0 Å². The Morgan fingerprint density at radius 1 is 1.04 bits per heavy atom. The highest BCUT2D eigenvalue weighted by Crippen LogP contribution is 2.33. The lowest BCUT2D eigenvalue weighted by molar-refractivity contribution is -0.233. The van der Waals surface area contributed by atoms with Crippen molar-refractivity contribution < 1.29 is 14.9 Å². The summed E-state index contributed by atoms with van der Waals surface area (Å²) in [7, 11) is 0. The number of aryl methyl sites for hydroxylation is 1. The van der Waals surface area contributed by atoms with E-state index in [0.29, 0.717) is 18.9 Å². The molecule has 140 valence electrons. The molecule has 0 spiro atoms. The molecular weight excluding hydrogens is 324 g/mol. The lowest BCUT2D eigenvalue weighted by atomic mass is 9.91. The van der Waals surface area contributed by atoms with Gasteiger partial charge in [-0.05, 0) is 49.1 Å². The van der Waals surface area contributed by atoms with Crippen LogP contribution in [-0.4, -0.2) is 16.8 Å². The van der Waals surface area contributed by atoms with E-state index in [-0.39, 0.29) is 0 Å². The van der Waals surface area contributed by atoms with E-state index in [2.05, 4.69) is 31.2 Å². The van der Waals surface area contributed by atoms with E-state index in [1.807, 2.05) is 30.3 Å². The van der Waals surface area contributed by atoms with Gasteiger partial charge in [-0.1, -0.05) is 61.5 Å². The van der Waals surface area contributed by atoms with Crippen molar-refractivity contribution in [1.82, 2.24) is 0 Å². The second kappa shape index (κ2) is 8.81. The standard InChI is InChI=1S/C23H30O3/c1-18(9-10-19-7-3-2-4-8-19)17-22(24)20-11-13-21(14-12-20)23(25)15-5-6-16-26-23/h2-4,7-8,11-14,18,22,24-25H,5-6,9-10,15-17H2,1H3. The molecule has 3 heteroatoms. The van der Waals surface area contributed by atoms with Gasteiger partial charge in [-0.2, -0.15) is 0 Å². The van der Waals surface area contributed by atoms with Gasteiger partial charge in [0.15, 0.2) is 5.79 Å². The van der Waals surface area contributed by atoms with E-state index in [1.54, 1.807) is 0 Å². The largest absolute Gasteiger partial charge is 0.388 e. The summed E-state index contributed by atoms with van der Waals surface area (Å²) in [6.07, 6.45) is 4.97. The number of hydrogen-bond donors (Lipinski definition) is 2. The fraction of sp³-hybridized carbons (Fsp3) is 0.478. The lowest BCUT2D eigenvalue weighted by Gasteiger charge is -2.32. The molecule has 2 N–H and O–H groups in total. The van der Waals surface area contributed by atoms with Gasteiger partial charge in [0.2, 0.25) is 0 Å². The van der Waals surface area contributed by atoms with Gasteiger partial charge in [-0.3, -0.25) is 0 Å². The minimum atomic E-state index is -1.16. The molecule has 2 aromatic carbocycles. The molecule has 3 nitrogen and oxygen atoms in total. The second-order valence-electron chi connectivity index (χ2n) is 7.59. The number of aliphatic hydroxyl groups excluding tert-OH is 1. The zero-order valence-electron chi connectivity index (χ0n) is 15.6. The summed E-state index contributed by atoms with van der Waals surface area (Å²) >= 11 is 0. The summed E-state index contributed by atoms with van der Waals surface area (Å²) < 4.78 is 5.58. The van der Waals surface area contributed by atoms with E-state index in [0.717, 1.165) is 43.2 Å². The molecule has 1 fully saturated rings. The van der Waals surface area contributed by atoms with E-state index in [9.17, 15) is 10.2 Å². The van der Waals surface area contributed by atoms with Crippen molar-refractivity contribution in [2.75, 3.05) is 6.61 Å². The minimum absolute atomic E-state index is 0.441. The third-order valence-electron chi connectivity index (χ3n) is 5.39. The van der Waals surface area contributed by atoms with Gasteiger partial charge in [-0.25, -0.2) is 0 Å². The van der Waals surface area contributed by atoms with Crippen LogP contribution in [0.5, 0.6) is 0 Å². The highest BCUT2D eigenvalue weighted by molar-refractivity contribution is 5.27. The third kappa shape index (κ3) is 4.94. The van der Waals surface area contributed by atoms with Gasteiger partial charge in [0.25, 0.3) is 0 Å². The Bertz CT molecular complexity index is 660. The first-order chi connectivity index (χ1) is 12.6. The molecule has 0 bridgehead atoms. The van der Waals surface area contributed by atoms with Crippen LogP contribution in [0.1, 0.15) is 61.8 Å². The summed E-state index contributed by atoms with van der Waals surface area (Å²) in [5, 5.41) is 21.2. The predicted molar refractivity (Wildman–Crippen MR) is 104 cm³/mol. The summed E-state index contributed by atoms with van der Waals surface area (Å²) in [5.74, 6) is -0.721. The maximum atomic E-state index is 10.6. The Labute approximate surface area is 156 Å². The molecule has 0 aliphatic carbocycles. The quantitative estimate of drug-likeness (QED) is 0.756. The van der Waals surface area contributed by atoms with Crippen LogP contribution in [0.2, 0.25) is 0 Å². The van der Waals surface area contributed by atoms with Gasteiger partial charge in [0.1, 0.15) is 0 Å². The van der Waals surface area contributed by atoms with Crippen LogP contribution in [0.4, 0.5) is 0 Å². The number of hydrogen-bond acceptors (Lipinski definition) is 3. The van der Waals surface area contributed by atoms with Gasteiger partial charge >= 0.3 is 0 Å². The fourth-order valence-corrected chi connectivity index (χ4v) is 3.67. The Hall–Kier alpha value is -1.68. The first-order valence-electron chi connectivity index (χ1n) is 9.75. The number of benzene rings is 2. The van der Waals surface area contributed by atoms with Crippen molar-refractivity contribution in [2.45, 2.75) is 57.3 Å². The number of ether oxygens (including phenoxy) is 1. The molecule has 0 saturated carbocycles. The Morgan fingerprint density at radius 2 is 1.77 bits per heavy atom. The van der Waals surface area contributed by atoms with E-state index >= 15 is 0 Å². The molecule has 3 rings (SSSR count). The van der Waals surface area contributed by atoms with Crippen LogP contribution in [0, 0.1) is 5.92 Å². The summed E-state index contributed by atoms with van der Waals surface area (Å²) in [6, 6.07) is 18.1. The van der Waals surface area contributed by atoms with Crippen LogP contribution in [0.15, 0.2) is 54.6 Å². The minimum Gasteiger partial charge on any atom is -0.388 e. The Kier molecular flexibility index (Phi) is 6.47. The molecular formula is C23H30O3. The maximum absolute atomic E-state index is 10.6. The molecule has 26 heavy (non-hydrogen) atoms. The normalized spacial score (nSPS) is 22.7. The molecule has 2 aromatic rings. The monoisotopic (exact) mass is 354 g/mol. The average Bonchev–Trinajstić information content (AvgIpc) is 2.68. The van der Waals surface area contributed by atoms with Gasteiger partial charge < -0.3 is 14.9 Å². The molecule has 3 atom stereocenters. The maximum Gasteiger partial charge on any atom is 0.192 e. The fourth-order valence-electron chi connectivity index (χ4n) is 3.67. The Balaban J connectivity index is 1.53. The molecule has 0 aromatic heterocycles. The topological polar surface area (TPSA) is 49.7 Å². The number of rotatable bonds is 7. The lowest BCUT2D eigenvalue weighted by Crippen LogP contribution is -2.33. The molecule has 1 aliphatic rings. The van der Waals surface area contributed by atoms with Crippen LogP contribution in [0.3, 0.4) is 0 Å².